The second-order valence-electron chi connectivity index (χ2n) is 8.71. The normalized spacial score (nSPS) is 13.8. The summed E-state index contributed by atoms with van der Waals surface area (Å²) in [5.41, 5.74) is 0.556. The maximum atomic E-state index is 14.9. The topological polar surface area (TPSA) is 37.3 Å². The average molecular weight is 461 g/mol. The average Bonchev–Trinajstić information content (AvgIpc) is 2.87. The van der Waals surface area contributed by atoms with Gasteiger partial charge in [-0.25, -0.2) is 0 Å². The van der Waals surface area contributed by atoms with Gasteiger partial charge >= 0.3 is 0 Å². The highest BCUT2D eigenvalue weighted by Crippen LogP contribution is 2.51. The second kappa shape index (κ2) is 13.3. The molecule has 0 saturated carbocycles. The van der Waals surface area contributed by atoms with Gasteiger partial charge in [0.2, 0.25) is 0 Å². The van der Waals surface area contributed by atoms with Crippen LogP contribution in [0.4, 0.5) is 0 Å². The lowest BCUT2D eigenvalue weighted by molar-refractivity contribution is 0.166. The summed E-state index contributed by atoms with van der Waals surface area (Å²) in [6, 6.07) is 29.4. The van der Waals surface area contributed by atoms with Gasteiger partial charge in [-0.15, -0.1) is 0 Å². The number of aliphatic hydroxyl groups excluding tert-OH is 1. The van der Waals surface area contributed by atoms with Crippen LogP contribution in [-0.4, -0.2) is 16.9 Å². The molecular formula is C30H37O2P. The minimum absolute atomic E-state index is 0.488. The summed E-state index contributed by atoms with van der Waals surface area (Å²) in [6.07, 6.45) is 11.0. The predicted octanol–water partition coefficient (Wildman–Crippen LogP) is 7.19. The van der Waals surface area contributed by atoms with Crippen LogP contribution in [0, 0.1) is 0 Å². The van der Waals surface area contributed by atoms with Gasteiger partial charge in [0.25, 0.3) is 0 Å². The van der Waals surface area contributed by atoms with Crippen molar-refractivity contribution in [2.24, 2.45) is 0 Å². The molecule has 33 heavy (non-hydrogen) atoms. The van der Waals surface area contributed by atoms with Crippen LogP contribution in [0.2, 0.25) is 0 Å². The molecule has 0 amide bonds. The highest BCUT2D eigenvalue weighted by molar-refractivity contribution is 7.79. The van der Waals surface area contributed by atoms with E-state index in [1.807, 2.05) is 103 Å². The number of benzene rings is 3. The van der Waals surface area contributed by atoms with Crippen molar-refractivity contribution in [3.63, 3.8) is 0 Å². The molecule has 0 radical (unpaired) electrons. The molecule has 0 fully saturated rings. The van der Waals surface area contributed by atoms with Crippen molar-refractivity contribution in [1.29, 1.82) is 0 Å². The molecule has 0 aliphatic carbocycles. The summed E-state index contributed by atoms with van der Waals surface area (Å²) in [4.78, 5) is 0. The van der Waals surface area contributed by atoms with Crippen LogP contribution >= 0.6 is 7.14 Å². The molecule has 2 nitrogen and oxygen atoms in total. The molecule has 0 spiro atoms. The molecule has 1 N–H and O–H groups in total. The third-order valence-electron chi connectivity index (χ3n) is 6.23. The molecule has 2 atom stereocenters. The lowest BCUT2D eigenvalue weighted by atomic mass is 10.0. The fourth-order valence-electron chi connectivity index (χ4n) is 4.36. The van der Waals surface area contributed by atoms with Gasteiger partial charge in [-0.05, 0) is 12.0 Å². The number of rotatable bonds is 13. The number of hydrogen-bond donors (Lipinski definition) is 1. The third-order valence-corrected chi connectivity index (χ3v) is 9.72. The molecule has 0 aromatic heterocycles. The molecule has 3 aromatic carbocycles. The van der Waals surface area contributed by atoms with Gasteiger partial charge < -0.3 is 9.67 Å². The lowest BCUT2D eigenvalue weighted by Crippen LogP contribution is -2.33. The largest absolute Gasteiger partial charge is 0.392 e. The van der Waals surface area contributed by atoms with Gasteiger partial charge in [0.1, 0.15) is 0 Å². The Hall–Kier alpha value is -2.41. The van der Waals surface area contributed by atoms with E-state index in [1.165, 1.54) is 25.7 Å². The van der Waals surface area contributed by atoms with E-state index < -0.39 is 18.9 Å². The number of hydrogen-bond acceptors (Lipinski definition) is 2. The monoisotopic (exact) mass is 460 g/mol. The first-order valence-corrected chi connectivity index (χ1v) is 14.1. The Morgan fingerprint density at radius 1 is 0.727 bits per heavy atom. The van der Waals surface area contributed by atoms with E-state index in [4.69, 9.17) is 0 Å². The highest BCUT2D eigenvalue weighted by atomic mass is 31.2. The molecule has 3 rings (SSSR count). The SMILES string of the molecule is CCCCCCCC[C@@H](O)[C@H](/C=C/c1ccccc1)P(=O)(c1ccccc1)c1ccccc1. The molecular weight excluding hydrogens is 423 g/mol. The number of unbranched alkanes of at least 4 members (excludes halogenated alkanes) is 5. The Morgan fingerprint density at radius 3 is 1.76 bits per heavy atom. The van der Waals surface area contributed by atoms with Crippen LogP contribution in [0.15, 0.2) is 97.1 Å². The molecule has 174 valence electrons. The first-order chi connectivity index (χ1) is 16.2. The van der Waals surface area contributed by atoms with Crippen LogP contribution in [0.5, 0.6) is 0 Å². The Bertz CT molecular complexity index is 956. The summed E-state index contributed by atoms with van der Waals surface area (Å²) in [7, 11) is -3.13. The van der Waals surface area contributed by atoms with Crippen molar-refractivity contribution in [2.75, 3.05) is 0 Å². The summed E-state index contributed by atoms with van der Waals surface area (Å²) in [5, 5.41) is 13.0. The maximum Gasteiger partial charge on any atom is 0.152 e. The van der Waals surface area contributed by atoms with E-state index in [9.17, 15) is 9.67 Å². The van der Waals surface area contributed by atoms with E-state index in [0.29, 0.717) is 6.42 Å². The van der Waals surface area contributed by atoms with E-state index >= 15 is 0 Å². The van der Waals surface area contributed by atoms with E-state index in [1.54, 1.807) is 0 Å². The molecule has 3 heteroatoms. The zero-order valence-corrected chi connectivity index (χ0v) is 20.6. The summed E-state index contributed by atoms with van der Waals surface area (Å²) >= 11 is 0. The number of aliphatic hydroxyl groups is 1. The van der Waals surface area contributed by atoms with Gasteiger partial charge in [0.05, 0.1) is 11.8 Å². The highest BCUT2D eigenvalue weighted by Gasteiger charge is 2.39. The van der Waals surface area contributed by atoms with Crippen molar-refractivity contribution in [3.8, 4) is 0 Å². The molecule has 0 bridgehead atoms. The Morgan fingerprint density at radius 2 is 1.21 bits per heavy atom. The fourth-order valence-corrected chi connectivity index (χ4v) is 7.54. The summed E-state index contributed by atoms with van der Waals surface area (Å²) < 4.78 is 14.9. The van der Waals surface area contributed by atoms with Gasteiger partial charge in [-0.2, -0.15) is 0 Å². The van der Waals surface area contributed by atoms with Crippen molar-refractivity contribution >= 4 is 23.8 Å². The van der Waals surface area contributed by atoms with Gasteiger partial charge in [0, 0.05) is 10.6 Å². The minimum Gasteiger partial charge on any atom is -0.392 e. The third kappa shape index (κ3) is 7.03. The first kappa shape index (κ1) is 25.2. The van der Waals surface area contributed by atoms with Crippen molar-refractivity contribution in [1.82, 2.24) is 0 Å². The fraction of sp³-hybridized carbons (Fsp3) is 0.333. The second-order valence-corrected chi connectivity index (χ2v) is 11.7. The van der Waals surface area contributed by atoms with Crippen LogP contribution in [0.3, 0.4) is 0 Å². The molecule has 0 aliphatic heterocycles. The quantitative estimate of drug-likeness (QED) is 0.216. The van der Waals surface area contributed by atoms with Gasteiger partial charge in [-0.3, -0.25) is 0 Å². The van der Waals surface area contributed by atoms with Crippen LogP contribution in [0.1, 0.15) is 57.4 Å². The van der Waals surface area contributed by atoms with Crippen molar-refractivity contribution in [2.45, 2.75) is 63.6 Å². The zero-order valence-electron chi connectivity index (χ0n) is 19.7. The van der Waals surface area contributed by atoms with Crippen LogP contribution in [0.25, 0.3) is 6.08 Å². The first-order valence-electron chi connectivity index (χ1n) is 12.3. The van der Waals surface area contributed by atoms with E-state index in [0.717, 1.165) is 29.0 Å². The maximum absolute atomic E-state index is 14.9. The summed E-state index contributed by atoms with van der Waals surface area (Å²) in [5.74, 6) is 0. The minimum atomic E-state index is -3.13. The predicted molar refractivity (Wildman–Crippen MR) is 143 cm³/mol. The summed E-state index contributed by atoms with van der Waals surface area (Å²) in [6.45, 7) is 2.22. The Labute approximate surface area is 199 Å². The van der Waals surface area contributed by atoms with Crippen LogP contribution in [-0.2, 0) is 4.57 Å². The lowest BCUT2D eigenvalue weighted by Gasteiger charge is -2.30. The smallest absolute Gasteiger partial charge is 0.152 e. The standard InChI is InChI=1S/C30H37O2P/c1-2-3-4-5-6-16-23-29(31)30(25-24-26-17-10-7-11-18-26)33(32,27-19-12-8-13-20-27)28-21-14-9-15-22-28/h7-15,17-22,24-25,29-31H,2-6,16,23H2,1H3/b25-24+/t29-,30+/m1/s1. The van der Waals surface area contributed by atoms with Gasteiger partial charge in [0.15, 0.2) is 7.14 Å². The molecule has 0 saturated heterocycles. The van der Waals surface area contributed by atoms with Gasteiger partial charge in [-0.1, -0.05) is 149 Å². The zero-order chi connectivity index (χ0) is 23.4. The Kier molecular flexibility index (Phi) is 10.2. The molecule has 0 aliphatic rings. The molecule has 0 heterocycles. The molecule has 0 unspecified atom stereocenters. The van der Waals surface area contributed by atoms with E-state index in [2.05, 4.69) is 6.92 Å². The van der Waals surface area contributed by atoms with Crippen LogP contribution < -0.4 is 10.6 Å². The van der Waals surface area contributed by atoms with Crippen molar-refractivity contribution in [3.05, 3.63) is 103 Å². The van der Waals surface area contributed by atoms with E-state index in [-0.39, 0.29) is 0 Å². The molecule has 3 aromatic rings. The Balaban J connectivity index is 1.94. The van der Waals surface area contributed by atoms with Crippen molar-refractivity contribution < 1.29 is 9.67 Å².